The summed E-state index contributed by atoms with van der Waals surface area (Å²) < 4.78 is 2.94. The Morgan fingerprint density at radius 2 is 2.14 bits per heavy atom. The first-order chi connectivity index (χ1) is 10.2. The lowest BCUT2D eigenvalue weighted by molar-refractivity contribution is 0.372. The zero-order valence-corrected chi connectivity index (χ0v) is 13.4. The van der Waals surface area contributed by atoms with Gasteiger partial charge in [-0.3, -0.25) is 0 Å². The summed E-state index contributed by atoms with van der Waals surface area (Å²) in [6.07, 6.45) is 8.90. The van der Waals surface area contributed by atoms with Crippen molar-refractivity contribution in [1.82, 2.24) is 14.6 Å². The van der Waals surface area contributed by atoms with Crippen LogP contribution in [0.1, 0.15) is 43.4 Å². The number of anilines is 1. The molecule has 2 saturated carbocycles. The molecule has 21 heavy (non-hydrogen) atoms. The lowest BCUT2D eigenvalue weighted by Crippen LogP contribution is -2.45. The molecule has 3 aliphatic carbocycles. The fourth-order valence-corrected chi connectivity index (χ4v) is 4.27. The average molecular weight is 348 g/mol. The smallest absolute Gasteiger partial charge is 0.171 e. The summed E-state index contributed by atoms with van der Waals surface area (Å²) in [6, 6.07) is 0.834. The van der Waals surface area contributed by atoms with Crippen molar-refractivity contribution in [3.05, 3.63) is 21.9 Å². The van der Waals surface area contributed by atoms with Crippen LogP contribution < -0.4 is 11.1 Å². The van der Waals surface area contributed by atoms with Gasteiger partial charge in [-0.1, -0.05) is 0 Å². The third-order valence-electron chi connectivity index (χ3n) is 5.43. The molecule has 3 aliphatic rings. The van der Waals surface area contributed by atoms with Crippen molar-refractivity contribution in [2.45, 2.75) is 56.0 Å². The van der Waals surface area contributed by atoms with Gasteiger partial charge in [-0.2, -0.15) is 9.61 Å². The SMILES string of the molecule is NC1CC(Nc2c3c(nc4c(Br)cnn24)C2(CC3)CC2)C1. The molecule has 0 aliphatic heterocycles. The maximum atomic E-state index is 5.92. The molecule has 0 unspecified atom stereocenters. The molecule has 0 radical (unpaired) electrons. The fraction of sp³-hybridized carbons (Fsp3) is 0.600. The number of rotatable bonds is 2. The Morgan fingerprint density at radius 3 is 2.86 bits per heavy atom. The summed E-state index contributed by atoms with van der Waals surface area (Å²) in [4.78, 5) is 4.95. The Balaban J connectivity index is 1.67. The molecule has 0 amide bonds. The minimum atomic E-state index is 0.354. The Kier molecular flexibility index (Phi) is 2.35. The van der Waals surface area contributed by atoms with Crippen LogP contribution in [0, 0.1) is 0 Å². The molecule has 2 fully saturated rings. The predicted molar refractivity (Wildman–Crippen MR) is 84.5 cm³/mol. The van der Waals surface area contributed by atoms with Crippen LogP contribution in [-0.2, 0) is 11.8 Å². The number of hydrogen-bond acceptors (Lipinski definition) is 4. The van der Waals surface area contributed by atoms with Crippen molar-refractivity contribution in [3.8, 4) is 0 Å². The molecule has 0 bridgehead atoms. The van der Waals surface area contributed by atoms with Gasteiger partial charge in [-0.25, -0.2) is 4.98 Å². The number of nitrogens with one attached hydrogen (secondary N) is 1. The summed E-state index contributed by atoms with van der Waals surface area (Å²) in [6.45, 7) is 0. The van der Waals surface area contributed by atoms with Crippen molar-refractivity contribution >= 4 is 27.4 Å². The Morgan fingerprint density at radius 1 is 1.33 bits per heavy atom. The monoisotopic (exact) mass is 347 g/mol. The van der Waals surface area contributed by atoms with E-state index in [-0.39, 0.29) is 0 Å². The Labute approximate surface area is 131 Å². The first-order valence-corrected chi connectivity index (χ1v) is 8.54. The summed E-state index contributed by atoms with van der Waals surface area (Å²) in [7, 11) is 0. The van der Waals surface area contributed by atoms with E-state index in [1.165, 1.54) is 30.5 Å². The molecule has 1 spiro atoms. The van der Waals surface area contributed by atoms with E-state index in [9.17, 15) is 0 Å². The van der Waals surface area contributed by atoms with E-state index >= 15 is 0 Å². The van der Waals surface area contributed by atoms with Gasteiger partial charge in [0.05, 0.1) is 16.4 Å². The van der Waals surface area contributed by atoms with E-state index in [1.807, 2.05) is 10.7 Å². The van der Waals surface area contributed by atoms with E-state index in [0.717, 1.165) is 35.2 Å². The van der Waals surface area contributed by atoms with E-state index in [2.05, 4.69) is 26.3 Å². The highest BCUT2D eigenvalue weighted by atomic mass is 79.9. The summed E-state index contributed by atoms with van der Waals surface area (Å²) >= 11 is 3.58. The van der Waals surface area contributed by atoms with E-state index in [1.54, 1.807) is 0 Å². The van der Waals surface area contributed by atoms with Gasteiger partial charge in [-0.05, 0) is 54.5 Å². The van der Waals surface area contributed by atoms with Crippen molar-refractivity contribution < 1.29 is 0 Å². The van der Waals surface area contributed by atoms with E-state index < -0.39 is 0 Å². The van der Waals surface area contributed by atoms with Crippen LogP contribution in [0.5, 0.6) is 0 Å². The van der Waals surface area contributed by atoms with E-state index in [0.29, 0.717) is 17.5 Å². The molecule has 110 valence electrons. The molecule has 5 nitrogen and oxygen atoms in total. The summed E-state index contributed by atoms with van der Waals surface area (Å²) in [5.41, 5.74) is 9.95. The molecule has 6 heteroatoms. The average Bonchev–Trinajstić information content (AvgIpc) is 3.00. The normalized spacial score (nSPS) is 28.7. The molecule has 0 aromatic carbocycles. The van der Waals surface area contributed by atoms with Gasteiger partial charge in [0.2, 0.25) is 0 Å². The number of nitrogens with two attached hydrogens (primary N) is 1. The fourth-order valence-electron chi connectivity index (χ4n) is 3.92. The molecule has 2 aromatic heterocycles. The lowest BCUT2D eigenvalue weighted by atomic mass is 9.87. The topological polar surface area (TPSA) is 68.2 Å². The van der Waals surface area contributed by atoms with Crippen LogP contribution in [0.3, 0.4) is 0 Å². The van der Waals surface area contributed by atoms with Crippen molar-refractivity contribution in [2.75, 3.05) is 5.32 Å². The van der Waals surface area contributed by atoms with Crippen LogP contribution in [0.2, 0.25) is 0 Å². The molecule has 0 atom stereocenters. The van der Waals surface area contributed by atoms with Gasteiger partial charge in [0.25, 0.3) is 0 Å². The van der Waals surface area contributed by atoms with Crippen LogP contribution in [0.15, 0.2) is 10.7 Å². The zero-order chi connectivity index (χ0) is 14.2. The third-order valence-corrected chi connectivity index (χ3v) is 5.99. The highest BCUT2D eigenvalue weighted by Gasteiger charge is 2.51. The molecule has 0 saturated heterocycles. The first-order valence-electron chi connectivity index (χ1n) is 7.75. The first kappa shape index (κ1) is 12.4. The standard InChI is InChI=1S/C15H18BrN5/c16-11-7-18-21-13(19-9-5-8(17)6-9)10-1-2-15(3-4-15)12(10)20-14(11)21/h7-9,19H,1-6,17H2. The number of hydrogen-bond donors (Lipinski definition) is 2. The molecule has 5 rings (SSSR count). The van der Waals surface area contributed by atoms with Crippen molar-refractivity contribution in [1.29, 1.82) is 0 Å². The van der Waals surface area contributed by atoms with Crippen molar-refractivity contribution in [2.24, 2.45) is 5.73 Å². The van der Waals surface area contributed by atoms with Gasteiger partial charge in [0.15, 0.2) is 5.65 Å². The van der Waals surface area contributed by atoms with Gasteiger partial charge in [0, 0.05) is 23.1 Å². The predicted octanol–water partition coefficient (Wildman–Crippen LogP) is 2.37. The molecule has 2 aromatic rings. The Bertz CT molecular complexity index is 742. The van der Waals surface area contributed by atoms with E-state index in [4.69, 9.17) is 10.7 Å². The van der Waals surface area contributed by atoms with Gasteiger partial charge in [-0.15, -0.1) is 0 Å². The highest BCUT2D eigenvalue weighted by molar-refractivity contribution is 9.10. The molecular formula is C15H18BrN5. The highest BCUT2D eigenvalue weighted by Crippen LogP contribution is 2.57. The number of halogens is 1. The summed E-state index contributed by atoms with van der Waals surface area (Å²) in [5, 5.41) is 8.20. The van der Waals surface area contributed by atoms with Crippen LogP contribution in [0.25, 0.3) is 5.65 Å². The van der Waals surface area contributed by atoms with Gasteiger partial charge >= 0.3 is 0 Å². The van der Waals surface area contributed by atoms with Crippen LogP contribution in [-0.4, -0.2) is 26.7 Å². The second-order valence-electron chi connectivity index (χ2n) is 6.87. The number of nitrogens with zero attached hydrogens (tertiary/aromatic N) is 3. The maximum Gasteiger partial charge on any atom is 0.171 e. The van der Waals surface area contributed by atoms with Crippen LogP contribution in [0.4, 0.5) is 5.82 Å². The minimum absolute atomic E-state index is 0.354. The zero-order valence-electron chi connectivity index (χ0n) is 11.8. The number of fused-ring (bicyclic) bond motifs is 3. The van der Waals surface area contributed by atoms with Crippen LogP contribution >= 0.6 is 15.9 Å². The maximum absolute atomic E-state index is 5.92. The minimum Gasteiger partial charge on any atom is -0.367 e. The lowest BCUT2D eigenvalue weighted by Gasteiger charge is -2.34. The molecule has 3 N–H and O–H groups in total. The Hall–Kier alpha value is -1.14. The molecule has 2 heterocycles. The van der Waals surface area contributed by atoms with Crippen molar-refractivity contribution in [3.63, 3.8) is 0 Å². The third kappa shape index (κ3) is 1.66. The van der Waals surface area contributed by atoms with Gasteiger partial charge < -0.3 is 11.1 Å². The second-order valence-corrected chi connectivity index (χ2v) is 7.72. The second kappa shape index (κ2) is 3.98. The van der Waals surface area contributed by atoms with Gasteiger partial charge in [0.1, 0.15) is 5.82 Å². The largest absolute Gasteiger partial charge is 0.367 e. The summed E-state index contributed by atoms with van der Waals surface area (Å²) in [5.74, 6) is 1.15. The quantitative estimate of drug-likeness (QED) is 0.874. The number of aromatic nitrogens is 3. The molecular weight excluding hydrogens is 330 g/mol.